The normalized spacial score (nSPS) is 11.1. The first-order valence-corrected chi connectivity index (χ1v) is 12.0. The maximum absolute atomic E-state index is 13.1. The number of benzene rings is 3. The van der Waals surface area contributed by atoms with Gasteiger partial charge in [0, 0.05) is 30.4 Å². The number of nitrogens with one attached hydrogen (secondary N) is 1. The van der Waals surface area contributed by atoms with Gasteiger partial charge in [0.2, 0.25) is 0 Å². The molecule has 0 aliphatic carbocycles. The maximum Gasteiger partial charge on any atom is 0.264 e. The number of amides is 1. The monoisotopic (exact) mass is 484 g/mol. The molecule has 34 heavy (non-hydrogen) atoms. The molecular formula is C25H28N2O6S. The molecule has 0 spiro atoms. The van der Waals surface area contributed by atoms with Crippen LogP contribution < -0.4 is 23.8 Å². The molecule has 0 aliphatic rings. The smallest absolute Gasteiger partial charge is 0.264 e. The number of carbonyl (C=O) groups is 1. The van der Waals surface area contributed by atoms with E-state index in [1.165, 1.54) is 39.5 Å². The number of hydrogen-bond acceptors (Lipinski definition) is 6. The summed E-state index contributed by atoms with van der Waals surface area (Å²) >= 11 is 0. The molecular weight excluding hydrogens is 456 g/mol. The lowest BCUT2D eigenvalue weighted by atomic mass is 10.2. The molecule has 1 N–H and O–H groups in total. The molecule has 0 fully saturated rings. The van der Waals surface area contributed by atoms with Gasteiger partial charge >= 0.3 is 0 Å². The SMILES string of the molecule is COc1ccc(S(=O)(=O)N(C)c2ccc(C(=O)Nc3cccc(OC(C)C)c3)cc2)cc1OC. The van der Waals surface area contributed by atoms with Crippen molar-refractivity contribution in [1.82, 2.24) is 0 Å². The molecule has 8 nitrogen and oxygen atoms in total. The standard InChI is InChI=1S/C25H28N2O6S/c1-17(2)33-21-8-6-7-19(15-21)26-25(28)18-9-11-20(12-10-18)27(3)34(29,30)22-13-14-23(31-4)24(16-22)32-5/h6-17H,1-5H3,(H,26,28). The predicted octanol–water partition coefficient (Wildman–Crippen LogP) is 4.57. The first kappa shape index (κ1) is 24.9. The third-order valence-electron chi connectivity index (χ3n) is 4.97. The van der Waals surface area contributed by atoms with E-state index in [9.17, 15) is 13.2 Å². The van der Waals surface area contributed by atoms with Crippen LogP contribution in [0.15, 0.2) is 71.6 Å². The van der Waals surface area contributed by atoms with Crippen LogP contribution in [0.2, 0.25) is 0 Å². The summed E-state index contributed by atoms with van der Waals surface area (Å²) in [6.07, 6.45) is 0.0192. The molecule has 0 atom stereocenters. The fourth-order valence-corrected chi connectivity index (χ4v) is 4.43. The van der Waals surface area contributed by atoms with Crippen molar-refractivity contribution < 1.29 is 27.4 Å². The Kier molecular flexibility index (Phi) is 7.68. The van der Waals surface area contributed by atoms with Crippen molar-refractivity contribution in [2.75, 3.05) is 30.9 Å². The van der Waals surface area contributed by atoms with Gasteiger partial charge in [-0.25, -0.2) is 8.42 Å². The van der Waals surface area contributed by atoms with Gasteiger partial charge in [-0.05, 0) is 62.4 Å². The summed E-state index contributed by atoms with van der Waals surface area (Å²) in [5.74, 6) is 1.08. The van der Waals surface area contributed by atoms with Crippen LogP contribution in [0.1, 0.15) is 24.2 Å². The number of nitrogens with zero attached hydrogens (tertiary/aromatic N) is 1. The van der Waals surface area contributed by atoms with Gasteiger partial charge in [0.15, 0.2) is 11.5 Å². The molecule has 0 saturated heterocycles. The summed E-state index contributed by atoms with van der Waals surface area (Å²) in [4.78, 5) is 12.7. The molecule has 0 unspecified atom stereocenters. The molecule has 0 aromatic heterocycles. The van der Waals surface area contributed by atoms with Crippen molar-refractivity contribution in [2.24, 2.45) is 0 Å². The Morgan fingerprint density at radius 3 is 2.21 bits per heavy atom. The summed E-state index contributed by atoms with van der Waals surface area (Å²) in [5.41, 5.74) is 1.38. The minimum absolute atomic E-state index is 0.0192. The highest BCUT2D eigenvalue weighted by Crippen LogP contribution is 2.31. The highest BCUT2D eigenvalue weighted by atomic mass is 32.2. The van der Waals surface area contributed by atoms with Crippen molar-refractivity contribution in [2.45, 2.75) is 24.8 Å². The third kappa shape index (κ3) is 5.60. The molecule has 0 bridgehead atoms. The summed E-state index contributed by atoms with van der Waals surface area (Å²) in [6, 6.07) is 17.8. The minimum atomic E-state index is -3.86. The molecule has 1 amide bonds. The molecule has 0 aliphatic heterocycles. The second-order valence-electron chi connectivity index (χ2n) is 7.68. The van der Waals surface area contributed by atoms with Crippen LogP contribution in [-0.2, 0) is 10.0 Å². The Bertz CT molecular complexity index is 1260. The third-order valence-corrected chi connectivity index (χ3v) is 6.75. The Labute approximate surface area is 200 Å². The Balaban J connectivity index is 1.76. The quantitative estimate of drug-likeness (QED) is 0.478. The highest BCUT2D eigenvalue weighted by Gasteiger charge is 2.23. The zero-order valence-electron chi connectivity index (χ0n) is 19.7. The zero-order chi connectivity index (χ0) is 24.9. The Hall–Kier alpha value is -3.72. The average Bonchev–Trinajstić information content (AvgIpc) is 2.82. The van der Waals surface area contributed by atoms with Gasteiger partial charge in [-0.15, -0.1) is 0 Å². The van der Waals surface area contributed by atoms with E-state index >= 15 is 0 Å². The molecule has 9 heteroatoms. The van der Waals surface area contributed by atoms with Crippen molar-refractivity contribution in [3.63, 3.8) is 0 Å². The van der Waals surface area contributed by atoms with Crippen LogP contribution in [0.25, 0.3) is 0 Å². The van der Waals surface area contributed by atoms with E-state index in [2.05, 4.69) is 5.32 Å². The van der Waals surface area contributed by atoms with E-state index < -0.39 is 10.0 Å². The summed E-state index contributed by atoms with van der Waals surface area (Å²) in [7, 11) is 0.501. The molecule has 0 heterocycles. The first-order valence-electron chi connectivity index (χ1n) is 10.5. The molecule has 0 radical (unpaired) electrons. The Morgan fingerprint density at radius 2 is 1.59 bits per heavy atom. The largest absolute Gasteiger partial charge is 0.493 e. The second kappa shape index (κ2) is 10.5. The highest BCUT2D eigenvalue weighted by molar-refractivity contribution is 7.92. The number of ether oxygens (including phenoxy) is 3. The average molecular weight is 485 g/mol. The summed E-state index contributed by atoms with van der Waals surface area (Å²) < 4.78 is 43.4. The van der Waals surface area contributed by atoms with E-state index in [0.29, 0.717) is 34.2 Å². The van der Waals surface area contributed by atoms with Gasteiger partial charge in [-0.3, -0.25) is 9.10 Å². The maximum atomic E-state index is 13.1. The lowest BCUT2D eigenvalue weighted by Gasteiger charge is -2.20. The van der Waals surface area contributed by atoms with E-state index in [1.54, 1.807) is 42.5 Å². The van der Waals surface area contributed by atoms with E-state index in [4.69, 9.17) is 14.2 Å². The van der Waals surface area contributed by atoms with Crippen LogP contribution in [-0.4, -0.2) is 41.7 Å². The van der Waals surface area contributed by atoms with Crippen LogP contribution in [0.5, 0.6) is 17.2 Å². The van der Waals surface area contributed by atoms with Gasteiger partial charge in [-0.2, -0.15) is 0 Å². The molecule has 3 rings (SSSR count). The van der Waals surface area contributed by atoms with Gasteiger partial charge in [0.1, 0.15) is 5.75 Å². The molecule has 3 aromatic carbocycles. The number of anilines is 2. The zero-order valence-corrected chi connectivity index (χ0v) is 20.5. The lowest BCUT2D eigenvalue weighted by molar-refractivity contribution is 0.102. The predicted molar refractivity (Wildman–Crippen MR) is 132 cm³/mol. The molecule has 0 saturated carbocycles. The second-order valence-corrected chi connectivity index (χ2v) is 9.65. The molecule has 180 valence electrons. The van der Waals surface area contributed by atoms with Crippen molar-refractivity contribution in [3.05, 3.63) is 72.3 Å². The number of rotatable bonds is 9. The summed E-state index contributed by atoms with van der Waals surface area (Å²) in [5, 5.41) is 2.82. The topological polar surface area (TPSA) is 94.2 Å². The summed E-state index contributed by atoms with van der Waals surface area (Å²) in [6.45, 7) is 3.85. The first-order chi connectivity index (χ1) is 16.1. The molecule has 3 aromatic rings. The van der Waals surface area contributed by atoms with Gasteiger partial charge < -0.3 is 19.5 Å². The number of hydrogen-bond donors (Lipinski definition) is 1. The minimum Gasteiger partial charge on any atom is -0.493 e. The van der Waals surface area contributed by atoms with Crippen LogP contribution in [0, 0.1) is 0 Å². The van der Waals surface area contributed by atoms with Gasteiger partial charge in [0.25, 0.3) is 15.9 Å². The van der Waals surface area contributed by atoms with Crippen LogP contribution in [0.4, 0.5) is 11.4 Å². The fraction of sp³-hybridized carbons (Fsp3) is 0.240. The lowest BCUT2D eigenvalue weighted by Crippen LogP contribution is -2.26. The van der Waals surface area contributed by atoms with Gasteiger partial charge in [-0.1, -0.05) is 6.07 Å². The Morgan fingerprint density at radius 1 is 0.912 bits per heavy atom. The number of carbonyl (C=O) groups excluding carboxylic acids is 1. The fourth-order valence-electron chi connectivity index (χ4n) is 3.22. The van der Waals surface area contributed by atoms with Crippen molar-refractivity contribution in [1.29, 1.82) is 0 Å². The van der Waals surface area contributed by atoms with Crippen molar-refractivity contribution in [3.8, 4) is 17.2 Å². The van der Waals surface area contributed by atoms with E-state index in [0.717, 1.165) is 4.31 Å². The van der Waals surface area contributed by atoms with Gasteiger partial charge in [0.05, 0.1) is 30.9 Å². The van der Waals surface area contributed by atoms with E-state index in [1.807, 2.05) is 19.9 Å². The van der Waals surface area contributed by atoms with Crippen LogP contribution >= 0.6 is 0 Å². The number of methoxy groups -OCH3 is 2. The number of sulfonamides is 1. The van der Waals surface area contributed by atoms with Crippen molar-refractivity contribution >= 4 is 27.3 Å². The van der Waals surface area contributed by atoms with Crippen LogP contribution in [0.3, 0.4) is 0 Å². The van der Waals surface area contributed by atoms with E-state index in [-0.39, 0.29) is 16.9 Å².